The number of ether oxygens (including phenoxy) is 1. The van der Waals surface area contributed by atoms with Gasteiger partial charge in [-0.15, -0.1) is 0 Å². The van der Waals surface area contributed by atoms with Crippen LogP contribution in [-0.4, -0.2) is 5.90 Å². The van der Waals surface area contributed by atoms with Crippen molar-refractivity contribution in [3.8, 4) is 0 Å². The summed E-state index contributed by atoms with van der Waals surface area (Å²) in [4.78, 5) is 4.67. The first-order valence-electron chi connectivity index (χ1n) is 9.35. The van der Waals surface area contributed by atoms with E-state index in [1.165, 1.54) is 12.1 Å². The van der Waals surface area contributed by atoms with Crippen LogP contribution in [0.25, 0.3) is 11.3 Å². The molecule has 0 atom stereocenters. The smallest absolute Gasteiger partial charge is 0.200 e. The summed E-state index contributed by atoms with van der Waals surface area (Å²) >= 11 is 0. The van der Waals surface area contributed by atoms with Gasteiger partial charge in [-0.1, -0.05) is 81.4 Å². The molecule has 1 aliphatic heterocycles. The molecular weight excluding hydrogens is 349 g/mol. The lowest BCUT2D eigenvalue weighted by Crippen LogP contribution is -2.25. The van der Waals surface area contributed by atoms with Crippen molar-refractivity contribution >= 4 is 22.9 Å². The Kier molecular flexibility index (Phi) is 4.60. The maximum absolute atomic E-state index is 14.1. The molecule has 0 N–H and O–H groups in total. The van der Waals surface area contributed by atoms with E-state index in [4.69, 9.17) is 4.74 Å². The lowest BCUT2D eigenvalue weighted by Gasteiger charge is -2.29. The first-order valence-corrected chi connectivity index (χ1v) is 9.35. The Bertz CT molecular complexity index is 1020. The van der Waals surface area contributed by atoms with Crippen LogP contribution >= 0.6 is 0 Å². The Labute approximate surface area is 165 Å². The van der Waals surface area contributed by atoms with E-state index in [1.54, 1.807) is 6.07 Å². The number of nitrogens with zero attached hydrogens (tertiary/aromatic N) is 1. The van der Waals surface area contributed by atoms with Gasteiger partial charge in [0.1, 0.15) is 11.6 Å². The molecule has 0 saturated carbocycles. The molecule has 28 heavy (non-hydrogen) atoms. The van der Waals surface area contributed by atoms with Gasteiger partial charge < -0.3 is 4.74 Å². The zero-order chi connectivity index (χ0) is 19.7. The van der Waals surface area contributed by atoms with Crippen LogP contribution in [0, 0.1) is 11.2 Å². The summed E-state index contributed by atoms with van der Waals surface area (Å²) in [7, 11) is 0. The Balaban J connectivity index is 2.06. The number of halogens is 1. The van der Waals surface area contributed by atoms with Crippen molar-refractivity contribution in [3.63, 3.8) is 0 Å². The van der Waals surface area contributed by atoms with Gasteiger partial charge in [0.2, 0.25) is 5.90 Å². The number of rotatable bonds is 2. The van der Waals surface area contributed by atoms with E-state index in [2.05, 4.69) is 25.8 Å². The van der Waals surface area contributed by atoms with Gasteiger partial charge >= 0.3 is 0 Å². The second-order valence-corrected chi connectivity index (χ2v) is 7.87. The van der Waals surface area contributed by atoms with E-state index in [0.717, 1.165) is 22.4 Å². The summed E-state index contributed by atoms with van der Waals surface area (Å²) in [5, 5.41) is 0. The molecule has 3 aromatic rings. The van der Waals surface area contributed by atoms with Gasteiger partial charge in [0.25, 0.3) is 0 Å². The van der Waals surface area contributed by atoms with Gasteiger partial charge in [-0.3, -0.25) is 0 Å². The van der Waals surface area contributed by atoms with E-state index in [9.17, 15) is 4.39 Å². The highest BCUT2D eigenvalue weighted by Gasteiger charge is 2.30. The summed E-state index contributed by atoms with van der Waals surface area (Å²) in [5.74, 6) is 0.938. The number of hydrogen-bond donors (Lipinski definition) is 0. The summed E-state index contributed by atoms with van der Waals surface area (Å²) in [5.41, 5.74) is 4.04. The molecule has 0 bridgehead atoms. The molecule has 0 fully saturated rings. The van der Waals surface area contributed by atoms with Crippen molar-refractivity contribution < 1.29 is 9.13 Å². The standard InChI is InChI=1S/C25H22FNO/c1-25(2,3)24-27-21-15-14-19(26)16-20(21)23(28-24)22(17-10-6-4-7-11-17)18-12-8-5-9-13-18/h4-16H,1-3H3. The fourth-order valence-corrected chi connectivity index (χ4v) is 3.22. The lowest BCUT2D eigenvalue weighted by molar-refractivity contribution is 0.403. The van der Waals surface area contributed by atoms with Gasteiger partial charge in [-0.25, -0.2) is 9.38 Å². The van der Waals surface area contributed by atoms with Crippen LogP contribution < -0.4 is 0 Å². The SMILES string of the molecule is CC(C)(C)C1=Nc2ccc(F)cc2C(=C(c2ccccc2)c2ccccc2)O1. The third-order valence-electron chi connectivity index (χ3n) is 4.62. The maximum atomic E-state index is 14.1. The zero-order valence-electron chi connectivity index (χ0n) is 16.2. The van der Waals surface area contributed by atoms with Gasteiger partial charge in [0.15, 0.2) is 0 Å². The monoisotopic (exact) mass is 371 g/mol. The predicted octanol–water partition coefficient (Wildman–Crippen LogP) is 6.85. The van der Waals surface area contributed by atoms with E-state index in [0.29, 0.717) is 17.2 Å². The van der Waals surface area contributed by atoms with E-state index in [1.807, 2.05) is 60.7 Å². The zero-order valence-corrected chi connectivity index (χ0v) is 16.2. The predicted molar refractivity (Wildman–Crippen MR) is 113 cm³/mol. The minimum Gasteiger partial charge on any atom is -0.441 e. The minimum atomic E-state index is -0.310. The molecular formula is C25H22FNO. The molecule has 0 spiro atoms. The number of aliphatic imine (C=N–C) groups is 1. The van der Waals surface area contributed by atoms with Crippen LogP contribution in [0.5, 0.6) is 0 Å². The Morgan fingerprint density at radius 3 is 1.93 bits per heavy atom. The van der Waals surface area contributed by atoms with Crippen LogP contribution in [0.2, 0.25) is 0 Å². The van der Waals surface area contributed by atoms with Crippen molar-refractivity contribution in [2.75, 3.05) is 0 Å². The normalized spacial score (nSPS) is 13.4. The largest absolute Gasteiger partial charge is 0.441 e. The Morgan fingerprint density at radius 1 is 0.821 bits per heavy atom. The van der Waals surface area contributed by atoms with Crippen LogP contribution in [0.3, 0.4) is 0 Å². The highest BCUT2D eigenvalue weighted by Crippen LogP contribution is 2.42. The molecule has 1 heterocycles. The molecule has 0 saturated heterocycles. The third-order valence-corrected chi connectivity index (χ3v) is 4.62. The van der Waals surface area contributed by atoms with Crippen molar-refractivity contribution in [2.45, 2.75) is 20.8 Å². The van der Waals surface area contributed by atoms with Gasteiger partial charge in [-0.05, 0) is 29.3 Å². The molecule has 0 radical (unpaired) electrons. The molecule has 0 aromatic heterocycles. The summed E-state index contributed by atoms with van der Waals surface area (Å²) < 4.78 is 20.5. The van der Waals surface area contributed by atoms with Gasteiger partial charge in [-0.2, -0.15) is 0 Å². The quantitative estimate of drug-likeness (QED) is 0.483. The average Bonchev–Trinajstić information content (AvgIpc) is 2.69. The first-order chi connectivity index (χ1) is 13.4. The molecule has 3 aromatic carbocycles. The Morgan fingerprint density at radius 2 is 1.39 bits per heavy atom. The van der Waals surface area contributed by atoms with E-state index in [-0.39, 0.29) is 11.2 Å². The molecule has 0 aliphatic carbocycles. The fourth-order valence-electron chi connectivity index (χ4n) is 3.22. The van der Waals surface area contributed by atoms with Crippen molar-refractivity contribution in [3.05, 3.63) is 101 Å². The second-order valence-electron chi connectivity index (χ2n) is 7.87. The van der Waals surface area contributed by atoms with Crippen LogP contribution in [0.15, 0.2) is 83.9 Å². The third kappa shape index (κ3) is 3.48. The summed E-state index contributed by atoms with van der Waals surface area (Å²) in [6.45, 7) is 6.17. The molecule has 1 aliphatic rings. The first kappa shape index (κ1) is 18.2. The topological polar surface area (TPSA) is 21.6 Å². The van der Waals surface area contributed by atoms with Crippen LogP contribution in [0.4, 0.5) is 10.1 Å². The van der Waals surface area contributed by atoms with E-state index >= 15 is 0 Å². The molecule has 2 nitrogen and oxygen atoms in total. The minimum absolute atomic E-state index is 0.282. The van der Waals surface area contributed by atoms with Crippen molar-refractivity contribution in [2.24, 2.45) is 10.4 Å². The summed E-state index contributed by atoms with van der Waals surface area (Å²) in [6, 6.07) is 24.8. The molecule has 4 rings (SSSR count). The van der Waals surface area contributed by atoms with Crippen molar-refractivity contribution in [1.29, 1.82) is 0 Å². The fraction of sp³-hybridized carbons (Fsp3) is 0.160. The van der Waals surface area contributed by atoms with Crippen LogP contribution in [0.1, 0.15) is 37.5 Å². The van der Waals surface area contributed by atoms with Gasteiger partial charge in [0, 0.05) is 16.6 Å². The van der Waals surface area contributed by atoms with Gasteiger partial charge in [0.05, 0.1) is 5.69 Å². The average molecular weight is 371 g/mol. The highest BCUT2D eigenvalue weighted by atomic mass is 19.1. The number of fused-ring (bicyclic) bond motifs is 1. The number of hydrogen-bond acceptors (Lipinski definition) is 2. The maximum Gasteiger partial charge on any atom is 0.200 e. The summed E-state index contributed by atoms with van der Waals surface area (Å²) in [6.07, 6.45) is 0. The molecule has 0 amide bonds. The Hall–Kier alpha value is -3.20. The number of benzene rings is 3. The molecule has 0 unspecified atom stereocenters. The second kappa shape index (κ2) is 7.08. The van der Waals surface area contributed by atoms with Crippen molar-refractivity contribution in [1.82, 2.24) is 0 Å². The molecule has 140 valence electrons. The highest BCUT2D eigenvalue weighted by molar-refractivity contribution is 6.04. The van der Waals surface area contributed by atoms with E-state index < -0.39 is 0 Å². The lowest BCUT2D eigenvalue weighted by atomic mass is 9.91. The molecule has 3 heteroatoms. The van der Waals surface area contributed by atoms with Crippen LogP contribution in [-0.2, 0) is 4.74 Å².